The maximum atomic E-state index is 12.7. The second kappa shape index (κ2) is 7.68. The lowest BCUT2D eigenvalue weighted by atomic mass is 9.82. The van der Waals surface area contributed by atoms with E-state index >= 15 is 0 Å². The number of piperidine rings is 1. The number of alkyl halides is 3. The zero-order valence-corrected chi connectivity index (χ0v) is 12.9. The van der Waals surface area contributed by atoms with E-state index in [1.165, 1.54) is 4.90 Å². The van der Waals surface area contributed by atoms with Gasteiger partial charge in [0.25, 0.3) is 0 Å². The Balaban J connectivity index is 0.00000220. The van der Waals surface area contributed by atoms with E-state index < -0.39 is 12.1 Å². The minimum atomic E-state index is -4.19. The lowest BCUT2D eigenvalue weighted by Gasteiger charge is -2.36. The average molecular weight is 329 g/mol. The van der Waals surface area contributed by atoms with Crippen LogP contribution in [0.5, 0.6) is 0 Å². The molecule has 1 aliphatic carbocycles. The molecule has 1 aliphatic heterocycles. The molecule has 21 heavy (non-hydrogen) atoms. The van der Waals surface area contributed by atoms with E-state index in [-0.39, 0.29) is 43.2 Å². The van der Waals surface area contributed by atoms with E-state index in [1.807, 2.05) is 0 Å². The predicted molar refractivity (Wildman–Crippen MR) is 77.2 cm³/mol. The molecule has 1 saturated heterocycles. The van der Waals surface area contributed by atoms with Gasteiger partial charge in [-0.15, -0.1) is 12.4 Å². The molecule has 0 aromatic heterocycles. The van der Waals surface area contributed by atoms with Crippen LogP contribution in [0.15, 0.2) is 0 Å². The highest BCUT2D eigenvalue weighted by Gasteiger charge is 2.42. The SMILES string of the molecule is Cl.NC1CCCCC1CC(=O)N1CCCC(C(F)(F)F)C1. The lowest BCUT2D eigenvalue weighted by molar-refractivity contribution is -0.188. The zero-order valence-electron chi connectivity index (χ0n) is 12.1. The van der Waals surface area contributed by atoms with Crippen LogP contribution in [0, 0.1) is 11.8 Å². The highest BCUT2D eigenvalue weighted by molar-refractivity contribution is 5.85. The van der Waals surface area contributed by atoms with Crippen LogP contribution in [0.3, 0.4) is 0 Å². The Kier molecular flexibility index (Phi) is 6.78. The van der Waals surface area contributed by atoms with Crippen LogP contribution in [-0.4, -0.2) is 36.1 Å². The molecule has 1 saturated carbocycles. The number of hydrogen-bond donors (Lipinski definition) is 1. The molecule has 1 heterocycles. The maximum absolute atomic E-state index is 12.7. The van der Waals surface area contributed by atoms with Crippen molar-refractivity contribution in [3.8, 4) is 0 Å². The number of carbonyl (C=O) groups excluding carboxylic acids is 1. The van der Waals surface area contributed by atoms with Crippen molar-refractivity contribution in [1.82, 2.24) is 4.90 Å². The summed E-state index contributed by atoms with van der Waals surface area (Å²) in [6.07, 6.45) is 0.684. The number of nitrogens with two attached hydrogens (primary N) is 1. The summed E-state index contributed by atoms with van der Waals surface area (Å²) >= 11 is 0. The number of rotatable bonds is 2. The molecule has 7 heteroatoms. The lowest BCUT2D eigenvalue weighted by Crippen LogP contribution is -2.46. The summed E-state index contributed by atoms with van der Waals surface area (Å²) in [6.45, 7) is 0.275. The van der Waals surface area contributed by atoms with Crippen molar-refractivity contribution < 1.29 is 18.0 Å². The molecule has 2 fully saturated rings. The average Bonchev–Trinajstić information content (AvgIpc) is 2.40. The summed E-state index contributed by atoms with van der Waals surface area (Å²) in [5.41, 5.74) is 6.00. The van der Waals surface area contributed by atoms with E-state index in [2.05, 4.69) is 0 Å². The van der Waals surface area contributed by atoms with Crippen molar-refractivity contribution in [2.75, 3.05) is 13.1 Å². The molecule has 2 rings (SSSR count). The summed E-state index contributed by atoms with van der Waals surface area (Å²) < 4.78 is 38.2. The van der Waals surface area contributed by atoms with Gasteiger partial charge < -0.3 is 10.6 Å². The van der Waals surface area contributed by atoms with Crippen LogP contribution >= 0.6 is 12.4 Å². The molecule has 0 aromatic rings. The first-order valence-corrected chi connectivity index (χ1v) is 7.48. The van der Waals surface area contributed by atoms with Crippen LogP contribution in [0.2, 0.25) is 0 Å². The Bertz CT molecular complexity index is 352. The van der Waals surface area contributed by atoms with Crippen molar-refractivity contribution in [3.63, 3.8) is 0 Å². The van der Waals surface area contributed by atoms with Gasteiger partial charge in [-0.3, -0.25) is 4.79 Å². The Morgan fingerprint density at radius 1 is 1.14 bits per heavy atom. The fraction of sp³-hybridized carbons (Fsp3) is 0.929. The predicted octanol–water partition coefficient (Wildman–Crippen LogP) is 3.12. The van der Waals surface area contributed by atoms with Crippen LogP contribution in [0.4, 0.5) is 13.2 Å². The summed E-state index contributed by atoms with van der Waals surface area (Å²) in [6, 6.07) is 0.0240. The number of halogens is 4. The fourth-order valence-electron chi connectivity index (χ4n) is 3.31. The Morgan fingerprint density at radius 2 is 1.81 bits per heavy atom. The zero-order chi connectivity index (χ0) is 14.8. The van der Waals surface area contributed by atoms with Gasteiger partial charge in [0.1, 0.15) is 0 Å². The molecular formula is C14H24ClF3N2O. The first-order valence-electron chi connectivity index (χ1n) is 7.48. The van der Waals surface area contributed by atoms with Gasteiger partial charge in [-0.2, -0.15) is 13.2 Å². The summed E-state index contributed by atoms with van der Waals surface area (Å²) in [5.74, 6) is -1.37. The van der Waals surface area contributed by atoms with Crippen molar-refractivity contribution in [1.29, 1.82) is 0 Å². The molecule has 0 spiro atoms. The van der Waals surface area contributed by atoms with Crippen molar-refractivity contribution in [2.24, 2.45) is 17.6 Å². The van der Waals surface area contributed by atoms with Gasteiger partial charge in [0.05, 0.1) is 5.92 Å². The Hall–Kier alpha value is -0.490. The smallest absolute Gasteiger partial charge is 0.342 e. The van der Waals surface area contributed by atoms with Gasteiger partial charge in [-0.25, -0.2) is 0 Å². The normalized spacial score (nSPS) is 30.7. The van der Waals surface area contributed by atoms with Crippen LogP contribution < -0.4 is 5.73 Å². The maximum Gasteiger partial charge on any atom is 0.393 e. The van der Waals surface area contributed by atoms with Crippen LogP contribution in [0.1, 0.15) is 44.9 Å². The molecule has 2 N–H and O–H groups in total. The second-order valence-corrected chi connectivity index (χ2v) is 6.13. The molecule has 0 radical (unpaired) electrons. The number of amides is 1. The van der Waals surface area contributed by atoms with Crippen molar-refractivity contribution >= 4 is 18.3 Å². The minimum absolute atomic E-state index is 0. The van der Waals surface area contributed by atoms with Gasteiger partial charge in [0.2, 0.25) is 5.91 Å². The van der Waals surface area contributed by atoms with E-state index in [0.29, 0.717) is 19.4 Å². The minimum Gasteiger partial charge on any atom is -0.342 e. The fourth-order valence-corrected chi connectivity index (χ4v) is 3.31. The summed E-state index contributed by atoms with van der Waals surface area (Å²) in [4.78, 5) is 13.6. The summed E-state index contributed by atoms with van der Waals surface area (Å²) in [7, 11) is 0. The van der Waals surface area contributed by atoms with Gasteiger partial charge in [-0.1, -0.05) is 12.8 Å². The van der Waals surface area contributed by atoms with Gasteiger partial charge in [-0.05, 0) is 31.6 Å². The highest BCUT2D eigenvalue weighted by atomic mass is 35.5. The van der Waals surface area contributed by atoms with Crippen LogP contribution in [0.25, 0.3) is 0 Å². The summed E-state index contributed by atoms with van der Waals surface area (Å²) in [5, 5.41) is 0. The molecule has 3 nitrogen and oxygen atoms in total. The molecule has 3 atom stereocenters. The first-order chi connectivity index (χ1) is 9.38. The Morgan fingerprint density at radius 3 is 2.43 bits per heavy atom. The number of carbonyl (C=O) groups is 1. The number of likely N-dealkylation sites (tertiary alicyclic amines) is 1. The van der Waals surface area contributed by atoms with E-state index in [4.69, 9.17) is 5.73 Å². The van der Waals surface area contributed by atoms with E-state index in [1.54, 1.807) is 0 Å². The molecule has 124 valence electrons. The third-order valence-electron chi connectivity index (χ3n) is 4.64. The van der Waals surface area contributed by atoms with Crippen molar-refractivity contribution in [3.05, 3.63) is 0 Å². The van der Waals surface area contributed by atoms with Crippen LogP contribution in [-0.2, 0) is 4.79 Å². The van der Waals surface area contributed by atoms with Gasteiger partial charge in [0.15, 0.2) is 0 Å². The van der Waals surface area contributed by atoms with Gasteiger partial charge >= 0.3 is 6.18 Å². The highest BCUT2D eigenvalue weighted by Crippen LogP contribution is 2.34. The molecule has 2 aliphatic rings. The third kappa shape index (κ3) is 5.02. The quantitative estimate of drug-likeness (QED) is 0.846. The second-order valence-electron chi connectivity index (χ2n) is 6.13. The molecular weight excluding hydrogens is 305 g/mol. The number of hydrogen-bond acceptors (Lipinski definition) is 2. The van der Waals surface area contributed by atoms with Gasteiger partial charge in [0, 0.05) is 25.6 Å². The van der Waals surface area contributed by atoms with E-state index in [9.17, 15) is 18.0 Å². The molecule has 3 unspecified atom stereocenters. The molecule has 0 aromatic carbocycles. The van der Waals surface area contributed by atoms with Crippen molar-refractivity contribution in [2.45, 2.75) is 57.2 Å². The van der Waals surface area contributed by atoms with E-state index in [0.717, 1.165) is 25.7 Å². The number of nitrogens with zero attached hydrogens (tertiary/aromatic N) is 1. The monoisotopic (exact) mass is 328 g/mol. The molecule has 1 amide bonds. The molecule has 0 bridgehead atoms. The Labute approximate surface area is 129 Å². The third-order valence-corrected chi connectivity index (χ3v) is 4.64. The topological polar surface area (TPSA) is 46.3 Å². The largest absolute Gasteiger partial charge is 0.393 e. The first kappa shape index (κ1) is 18.6. The standard InChI is InChI=1S/C14H23F3N2O.ClH/c15-14(16,17)11-5-3-7-19(9-11)13(20)8-10-4-1-2-6-12(10)18;/h10-12H,1-9,18H2;1H.